The molecule has 0 saturated heterocycles. The van der Waals surface area contributed by atoms with Crippen molar-refractivity contribution in [3.8, 4) is 0 Å². The Hall–Kier alpha value is -2.89. The summed E-state index contributed by atoms with van der Waals surface area (Å²) in [4.78, 5) is 17.6. The Kier molecular flexibility index (Phi) is 4.09. The summed E-state index contributed by atoms with van der Waals surface area (Å²) in [5.74, 6) is 1.08. The van der Waals surface area contributed by atoms with Gasteiger partial charge in [0.15, 0.2) is 6.04 Å². The molecule has 0 spiro atoms. The van der Waals surface area contributed by atoms with Crippen LogP contribution in [0.15, 0.2) is 55.0 Å². The van der Waals surface area contributed by atoms with Crippen molar-refractivity contribution in [3.63, 3.8) is 0 Å². The number of hydrogen-bond acceptors (Lipinski definition) is 3. The number of imidazole rings is 1. The predicted molar refractivity (Wildman–Crippen MR) is 94.0 cm³/mol. The van der Waals surface area contributed by atoms with Crippen LogP contribution in [0.2, 0.25) is 0 Å². The van der Waals surface area contributed by atoms with Crippen molar-refractivity contribution < 1.29 is 4.79 Å². The first-order valence-electron chi connectivity index (χ1n) is 8.58. The molecule has 6 heteroatoms. The molecule has 0 fully saturated rings. The summed E-state index contributed by atoms with van der Waals surface area (Å²) in [5.41, 5.74) is 1.96. The van der Waals surface area contributed by atoms with Crippen molar-refractivity contribution in [2.45, 2.75) is 38.4 Å². The van der Waals surface area contributed by atoms with Crippen molar-refractivity contribution in [1.82, 2.24) is 24.6 Å². The SMILES string of the molecule is Cc1cn2c(n1)CC[C@@H](NC(=O)[C@H](c1ccccc1)n1cccn1)C2. The second-order valence-electron chi connectivity index (χ2n) is 6.49. The van der Waals surface area contributed by atoms with E-state index in [0.717, 1.165) is 36.5 Å². The third-order valence-electron chi connectivity index (χ3n) is 4.61. The van der Waals surface area contributed by atoms with Gasteiger partial charge in [-0.15, -0.1) is 0 Å². The van der Waals surface area contributed by atoms with E-state index in [-0.39, 0.29) is 11.9 Å². The van der Waals surface area contributed by atoms with E-state index >= 15 is 0 Å². The minimum atomic E-state index is -0.456. The van der Waals surface area contributed by atoms with E-state index in [1.54, 1.807) is 10.9 Å². The quantitative estimate of drug-likeness (QED) is 0.794. The van der Waals surface area contributed by atoms with Crippen molar-refractivity contribution in [3.05, 3.63) is 72.1 Å². The zero-order chi connectivity index (χ0) is 17.2. The number of benzene rings is 1. The fourth-order valence-corrected chi connectivity index (χ4v) is 3.48. The lowest BCUT2D eigenvalue weighted by molar-refractivity contribution is -0.124. The fourth-order valence-electron chi connectivity index (χ4n) is 3.48. The second kappa shape index (κ2) is 6.55. The molecule has 3 heterocycles. The lowest BCUT2D eigenvalue weighted by Gasteiger charge is -2.27. The number of nitrogens with zero attached hydrogens (tertiary/aromatic N) is 4. The smallest absolute Gasteiger partial charge is 0.249 e. The Morgan fingerprint density at radius 1 is 1.28 bits per heavy atom. The first kappa shape index (κ1) is 15.6. The fraction of sp³-hybridized carbons (Fsp3) is 0.316. The number of rotatable bonds is 4. The summed E-state index contributed by atoms with van der Waals surface area (Å²) in [6, 6.07) is 11.3. The highest BCUT2D eigenvalue weighted by Crippen LogP contribution is 2.20. The van der Waals surface area contributed by atoms with Gasteiger partial charge < -0.3 is 9.88 Å². The number of hydrogen-bond donors (Lipinski definition) is 1. The number of aromatic nitrogens is 4. The molecule has 4 rings (SSSR count). The van der Waals surface area contributed by atoms with E-state index in [1.807, 2.05) is 49.5 Å². The van der Waals surface area contributed by atoms with E-state index in [2.05, 4.69) is 26.2 Å². The van der Waals surface area contributed by atoms with Crippen molar-refractivity contribution in [2.75, 3.05) is 0 Å². The number of amides is 1. The molecule has 1 aliphatic heterocycles. The zero-order valence-corrected chi connectivity index (χ0v) is 14.2. The van der Waals surface area contributed by atoms with E-state index in [9.17, 15) is 4.79 Å². The molecular formula is C19H21N5O. The van der Waals surface area contributed by atoms with Crippen LogP contribution < -0.4 is 5.32 Å². The minimum Gasteiger partial charge on any atom is -0.349 e. The highest BCUT2D eigenvalue weighted by atomic mass is 16.2. The molecule has 2 aromatic heterocycles. The Labute approximate surface area is 146 Å². The molecule has 1 N–H and O–H groups in total. The summed E-state index contributed by atoms with van der Waals surface area (Å²) in [7, 11) is 0. The maximum atomic E-state index is 13.0. The zero-order valence-electron chi connectivity index (χ0n) is 14.2. The van der Waals surface area contributed by atoms with Gasteiger partial charge >= 0.3 is 0 Å². The van der Waals surface area contributed by atoms with E-state index in [1.165, 1.54) is 0 Å². The maximum absolute atomic E-state index is 13.0. The molecule has 1 amide bonds. The van der Waals surface area contributed by atoms with Gasteiger partial charge in [-0.2, -0.15) is 5.10 Å². The first-order chi connectivity index (χ1) is 12.2. The molecule has 3 aromatic rings. The molecule has 0 aliphatic carbocycles. The van der Waals surface area contributed by atoms with E-state index in [0.29, 0.717) is 0 Å². The highest BCUT2D eigenvalue weighted by Gasteiger charge is 2.27. The van der Waals surface area contributed by atoms with Crippen LogP contribution in [0.5, 0.6) is 0 Å². The third-order valence-corrected chi connectivity index (χ3v) is 4.61. The van der Waals surface area contributed by atoms with Crippen LogP contribution in [-0.4, -0.2) is 31.3 Å². The van der Waals surface area contributed by atoms with Gasteiger partial charge in [0.2, 0.25) is 5.91 Å². The number of fused-ring (bicyclic) bond motifs is 1. The van der Waals surface area contributed by atoms with Gasteiger partial charge in [0.05, 0.1) is 5.69 Å². The molecular weight excluding hydrogens is 314 g/mol. The lowest BCUT2D eigenvalue weighted by Crippen LogP contribution is -2.44. The standard InChI is InChI=1S/C19H21N5O/c1-14-12-23-13-16(8-9-17(23)21-14)22-19(25)18(24-11-5-10-20-24)15-6-3-2-4-7-15/h2-7,10-12,16,18H,8-9,13H2,1H3,(H,22,25)/t16-,18+/m1/s1. The maximum Gasteiger partial charge on any atom is 0.249 e. The summed E-state index contributed by atoms with van der Waals surface area (Å²) in [6.07, 6.45) is 7.37. The molecule has 0 saturated carbocycles. The normalized spacial score (nSPS) is 17.7. The number of nitrogens with one attached hydrogen (secondary N) is 1. The van der Waals surface area contributed by atoms with Gasteiger partial charge in [0.25, 0.3) is 0 Å². The highest BCUT2D eigenvalue weighted by molar-refractivity contribution is 5.83. The molecule has 1 aliphatic rings. The van der Waals surface area contributed by atoms with Crippen LogP contribution in [0.3, 0.4) is 0 Å². The number of carbonyl (C=O) groups is 1. The van der Waals surface area contributed by atoms with Crippen LogP contribution in [0.25, 0.3) is 0 Å². The van der Waals surface area contributed by atoms with Gasteiger partial charge in [0.1, 0.15) is 5.82 Å². The topological polar surface area (TPSA) is 64.7 Å². The van der Waals surface area contributed by atoms with Gasteiger partial charge in [-0.3, -0.25) is 9.48 Å². The Balaban J connectivity index is 1.54. The lowest BCUT2D eigenvalue weighted by atomic mass is 10.0. The summed E-state index contributed by atoms with van der Waals surface area (Å²) in [6.45, 7) is 2.77. The monoisotopic (exact) mass is 335 g/mol. The van der Waals surface area contributed by atoms with Crippen LogP contribution in [0.1, 0.15) is 29.5 Å². The minimum absolute atomic E-state index is 0.0276. The molecule has 0 bridgehead atoms. The van der Waals surface area contributed by atoms with Crippen molar-refractivity contribution in [2.24, 2.45) is 0 Å². The van der Waals surface area contributed by atoms with Crippen LogP contribution in [0, 0.1) is 6.92 Å². The average Bonchev–Trinajstić information content (AvgIpc) is 3.24. The molecule has 6 nitrogen and oxygen atoms in total. The van der Waals surface area contributed by atoms with Gasteiger partial charge in [-0.1, -0.05) is 30.3 Å². The van der Waals surface area contributed by atoms with Crippen molar-refractivity contribution in [1.29, 1.82) is 0 Å². The summed E-state index contributed by atoms with van der Waals surface area (Å²) >= 11 is 0. The van der Waals surface area contributed by atoms with Gasteiger partial charge in [0, 0.05) is 37.6 Å². The molecule has 2 atom stereocenters. The van der Waals surface area contributed by atoms with Crippen molar-refractivity contribution >= 4 is 5.91 Å². The first-order valence-corrected chi connectivity index (χ1v) is 8.58. The molecule has 0 radical (unpaired) electrons. The van der Waals surface area contributed by atoms with Gasteiger partial charge in [-0.25, -0.2) is 4.98 Å². The molecule has 1 aromatic carbocycles. The molecule has 25 heavy (non-hydrogen) atoms. The summed E-state index contributed by atoms with van der Waals surface area (Å²) < 4.78 is 3.86. The Bertz CT molecular complexity index is 853. The number of carbonyl (C=O) groups excluding carboxylic acids is 1. The van der Waals surface area contributed by atoms with Crippen LogP contribution in [0.4, 0.5) is 0 Å². The Morgan fingerprint density at radius 2 is 2.12 bits per heavy atom. The number of aryl methyl sites for hydroxylation is 2. The third kappa shape index (κ3) is 3.20. The van der Waals surface area contributed by atoms with Crippen LogP contribution >= 0.6 is 0 Å². The summed E-state index contributed by atoms with van der Waals surface area (Å²) in [5, 5.41) is 7.49. The predicted octanol–water partition coefficient (Wildman–Crippen LogP) is 2.11. The van der Waals surface area contributed by atoms with Gasteiger partial charge in [-0.05, 0) is 25.0 Å². The molecule has 0 unspecified atom stereocenters. The Morgan fingerprint density at radius 3 is 2.88 bits per heavy atom. The average molecular weight is 335 g/mol. The largest absolute Gasteiger partial charge is 0.349 e. The second-order valence-corrected chi connectivity index (χ2v) is 6.49. The molecule has 128 valence electrons. The van der Waals surface area contributed by atoms with Crippen LogP contribution in [-0.2, 0) is 17.8 Å². The van der Waals surface area contributed by atoms with E-state index < -0.39 is 6.04 Å². The van der Waals surface area contributed by atoms with E-state index in [4.69, 9.17) is 0 Å².